The molecule has 0 aromatic heterocycles. The fourth-order valence-corrected chi connectivity index (χ4v) is 4.48. The van der Waals surface area contributed by atoms with E-state index in [1.54, 1.807) is 11.1 Å². The van der Waals surface area contributed by atoms with Crippen molar-refractivity contribution in [1.82, 2.24) is 0 Å². The largest absolute Gasteiger partial charge is 0.432 e. The highest BCUT2D eigenvalue weighted by Crippen LogP contribution is 2.42. The van der Waals surface area contributed by atoms with Gasteiger partial charge in [0.2, 0.25) is 0 Å². The number of hydrogen-bond donors (Lipinski definition) is 1. The highest BCUT2D eigenvalue weighted by molar-refractivity contribution is 6.72. The minimum atomic E-state index is -2.08. The van der Waals surface area contributed by atoms with Crippen molar-refractivity contribution in [2.24, 2.45) is 11.3 Å². The highest BCUT2D eigenvalue weighted by Gasteiger charge is 2.38. The zero-order valence-electron chi connectivity index (χ0n) is 17.0. The molecule has 0 amide bonds. The molecule has 0 heterocycles. The van der Waals surface area contributed by atoms with Crippen LogP contribution in [0.1, 0.15) is 70.6 Å². The summed E-state index contributed by atoms with van der Waals surface area (Å²) >= 11 is 0. The predicted molar refractivity (Wildman–Crippen MR) is 108 cm³/mol. The summed E-state index contributed by atoms with van der Waals surface area (Å²) in [5.74, 6) is 0.790. The summed E-state index contributed by atoms with van der Waals surface area (Å²) in [5.41, 5.74) is 5.00. The molecule has 136 valence electrons. The summed E-state index contributed by atoms with van der Waals surface area (Å²) < 4.78 is 0. The second kappa shape index (κ2) is 6.95. The third-order valence-electron chi connectivity index (χ3n) is 6.17. The topological polar surface area (TPSA) is 20.2 Å². The Kier molecular flexibility index (Phi) is 5.71. The van der Waals surface area contributed by atoms with Crippen molar-refractivity contribution < 1.29 is 4.80 Å². The first-order valence-electron chi connectivity index (χ1n) is 9.70. The molecule has 0 spiro atoms. The molecule has 0 aliphatic heterocycles. The van der Waals surface area contributed by atoms with Crippen molar-refractivity contribution in [3.8, 4) is 0 Å². The first-order chi connectivity index (χ1) is 10.9. The van der Waals surface area contributed by atoms with Gasteiger partial charge in [0.15, 0.2) is 8.32 Å². The Labute approximate surface area is 151 Å². The average molecular weight is 347 g/mol. The molecule has 1 aromatic rings. The number of rotatable bonds is 5. The van der Waals surface area contributed by atoms with Gasteiger partial charge >= 0.3 is 0 Å². The number of aryl methyl sites for hydroxylation is 1. The highest BCUT2D eigenvalue weighted by atomic mass is 28.4. The molecule has 1 aliphatic rings. The maximum absolute atomic E-state index is 10.5. The molecule has 0 radical (unpaired) electrons. The van der Waals surface area contributed by atoms with Crippen LogP contribution in [0.4, 0.5) is 0 Å². The fourth-order valence-electron chi connectivity index (χ4n) is 3.73. The van der Waals surface area contributed by atoms with Crippen LogP contribution in [0.15, 0.2) is 18.2 Å². The molecule has 0 saturated heterocycles. The van der Waals surface area contributed by atoms with Crippen LogP contribution in [0.25, 0.3) is 0 Å². The van der Waals surface area contributed by atoms with E-state index in [1.807, 2.05) is 0 Å². The van der Waals surface area contributed by atoms with Crippen LogP contribution in [0.5, 0.6) is 0 Å². The van der Waals surface area contributed by atoms with Crippen LogP contribution in [0.3, 0.4) is 0 Å². The molecule has 1 aliphatic carbocycles. The van der Waals surface area contributed by atoms with Gasteiger partial charge in [-0.05, 0) is 84.7 Å². The van der Waals surface area contributed by atoms with Gasteiger partial charge in [-0.1, -0.05) is 52.8 Å². The van der Waals surface area contributed by atoms with Gasteiger partial charge in [-0.2, -0.15) is 0 Å². The number of benzene rings is 1. The first kappa shape index (κ1) is 19.7. The van der Waals surface area contributed by atoms with Gasteiger partial charge in [0, 0.05) is 0 Å². The van der Waals surface area contributed by atoms with Crippen LogP contribution >= 0.6 is 0 Å². The normalized spacial score (nSPS) is 19.2. The van der Waals surface area contributed by atoms with Gasteiger partial charge in [0.05, 0.1) is 0 Å². The van der Waals surface area contributed by atoms with E-state index in [0.29, 0.717) is 5.41 Å². The quantitative estimate of drug-likeness (QED) is 0.635. The summed E-state index contributed by atoms with van der Waals surface area (Å²) in [6, 6.07) is 7.19. The van der Waals surface area contributed by atoms with Crippen LogP contribution < -0.4 is 0 Å². The maximum atomic E-state index is 10.5. The molecular formula is C22H38OSi. The zero-order valence-corrected chi connectivity index (χ0v) is 18.0. The SMILES string of the molecule is CC(C)(C)Cc1ccc2c(c1)CC(CCC(C)(C)[Si](C)(C)O)CC2. The standard InChI is InChI=1S/C22H38OSi/c1-21(2,3)16-18-9-11-19-10-8-17(14-20(19)15-18)12-13-22(4,5)24(6,7)23/h9,11,15,17,23H,8,10,12-14,16H2,1-7H3. The molecular weight excluding hydrogens is 308 g/mol. The smallest absolute Gasteiger partial charge is 0.188 e. The monoisotopic (exact) mass is 346 g/mol. The third kappa shape index (κ3) is 5.19. The average Bonchev–Trinajstić information content (AvgIpc) is 2.41. The van der Waals surface area contributed by atoms with Crippen molar-refractivity contribution >= 4 is 8.32 Å². The van der Waals surface area contributed by atoms with Crippen molar-refractivity contribution in [1.29, 1.82) is 0 Å². The van der Waals surface area contributed by atoms with Crippen molar-refractivity contribution in [3.05, 3.63) is 34.9 Å². The molecule has 24 heavy (non-hydrogen) atoms. The van der Waals surface area contributed by atoms with Crippen molar-refractivity contribution in [2.75, 3.05) is 0 Å². The summed E-state index contributed by atoms with van der Waals surface area (Å²) in [7, 11) is -2.08. The van der Waals surface area contributed by atoms with Crippen LogP contribution in [-0.2, 0) is 19.3 Å². The van der Waals surface area contributed by atoms with Crippen LogP contribution in [0, 0.1) is 11.3 Å². The van der Waals surface area contributed by atoms with E-state index < -0.39 is 8.32 Å². The Balaban J connectivity index is 2.02. The Morgan fingerprint density at radius 3 is 2.33 bits per heavy atom. The third-order valence-corrected chi connectivity index (χ3v) is 9.73. The molecule has 0 fully saturated rings. The van der Waals surface area contributed by atoms with Crippen LogP contribution in [0.2, 0.25) is 18.1 Å². The van der Waals surface area contributed by atoms with Gasteiger partial charge < -0.3 is 4.80 Å². The van der Waals surface area contributed by atoms with E-state index in [0.717, 1.165) is 18.8 Å². The van der Waals surface area contributed by atoms with E-state index >= 15 is 0 Å². The van der Waals surface area contributed by atoms with E-state index in [2.05, 4.69) is 65.9 Å². The summed E-state index contributed by atoms with van der Waals surface area (Å²) in [5, 5.41) is 0.112. The lowest BCUT2D eigenvalue weighted by Gasteiger charge is -2.37. The van der Waals surface area contributed by atoms with E-state index in [4.69, 9.17) is 0 Å². The van der Waals surface area contributed by atoms with E-state index in [9.17, 15) is 4.80 Å². The first-order valence-corrected chi connectivity index (χ1v) is 12.7. The number of fused-ring (bicyclic) bond motifs is 1. The second-order valence-electron chi connectivity index (χ2n) is 10.4. The van der Waals surface area contributed by atoms with Gasteiger partial charge in [-0.3, -0.25) is 0 Å². The molecule has 0 saturated carbocycles. The fraction of sp³-hybridized carbons (Fsp3) is 0.727. The van der Waals surface area contributed by atoms with Gasteiger partial charge in [-0.25, -0.2) is 0 Å². The molecule has 1 N–H and O–H groups in total. The number of hydrogen-bond acceptors (Lipinski definition) is 1. The summed E-state index contributed by atoms with van der Waals surface area (Å²) in [4.78, 5) is 10.5. The lowest BCUT2D eigenvalue weighted by Crippen LogP contribution is -2.39. The van der Waals surface area contributed by atoms with Crippen LogP contribution in [-0.4, -0.2) is 13.1 Å². The molecule has 1 aromatic carbocycles. The lowest BCUT2D eigenvalue weighted by atomic mass is 9.79. The maximum Gasteiger partial charge on any atom is 0.188 e. The minimum Gasteiger partial charge on any atom is -0.432 e. The molecule has 1 unspecified atom stereocenters. The Bertz CT molecular complexity index is 560. The van der Waals surface area contributed by atoms with Crippen molar-refractivity contribution in [2.45, 2.75) is 91.3 Å². The molecule has 2 heteroatoms. The molecule has 1 nitrogen and oxygen atoms in total. The lowest BCUT2D eigenvalue weighted by molar-refractivity contribution is 0.365. The Morgan fingerprint density at radius 2 is 1.75 bits per heavy atom. The summed E-state index contributed by atoms with van der Waals surface area (Å²) in [6.07, 6.45) is 7.35. The van der Waals surface area contributed by atoms with Gasteiger partial charge in [0.25, 0.3) is 0 Å². The molecule has 0 bridgehead atoms. The van der Waals surface area contributed by atoms with Gasteiger partial charge in [-0.15, -0.1) is 0 Å². The minimum absolute atomic E-state index is 0.112. The zero-order chi connectivity index (χ0) is 18.2. The van der Waals surface area contributed by atoms with E-state index in [1.165, 1.54) is 31.2 Å². The Morgan fingerprint density at radius 1 is 1.08 bits per heavy atom. The molecule has 2 rings (SSSR count). The predicted octanol–water partition coefficient (Wildman–Crippen LogP) is 6.14. The summed E-state index contributed by atoms with van der Waals surface area (Å²) in [6.45, 7) is 15.6. The van der Waals surface area contributed by atoms with Crippen molar-refractivity contribution in [3.63, 3.8) is 0 Å². The Hall–Kier alpha value is -0.603. The second-order valence-corrected chi connectivity index (χ2v) is 14.9. The molecule has 1 atom stereocenters. The van der Waals surface area contributed by atoms with Gasteiger partial charge in [0.1, 0.15) is 0 Å². The van der Waals surface area contributed by atoms with E-state index in [-0.39, 0.29) is 5.04 Å².